The summed E-state index contributed by atoms with van der Waals surface area (Å²) in [6, 6.07) is -0.698. The van der Waals surface area contributed by atoms with Gasteiger partial charge < -0.3 is 34.5 Å². The van der Waals surface area contributed by atoms with Gasteiger partial charge in [-0.05, 0) is 71.1 Å². The van der Waals surface area contributed by atoms with Gasteiger partial charge in [-0.25, -0.2) is 23.2 Å². The largest absolute Gasteiger partial charge is 0.493 e. The van der Waals surface area contributed by atoms with Gasteiger partial charge in [0.05, 0.1) is 36.5 Å². The lowest BCUT2D eigenvalue weighted by molar-refractivity contribution is -0.244. The van der Waals surface area contributed by atoms with E-state index in [4.69, 9.17) is 18.9 Å². The van der Waals surface area contributed by atoms with Crippen LogP contribution in [0.15, 0.2) is 24.3 Å². The first-order chi connectivity index (χ1) is 29.1. The number of fused-ring (bicyclic) bond motifs is 3. The smallest absolute Gasteiger partial charge is 0.438 e. The fourth-order valence-corrected chi connectivity index (χ4v) is 9.16. The number of carbonyl (C=O) groups excluding carboxylic acids is 4. The minimum absolute atomic E-state index is 0.0142. The number of alkyl halides is 6. The van der Waals surface area contributed by atoms with E-state index < -0.39 is 110 Å². The Morgan fingerprint density at radius 2 is 1.62 bits per heavy atom. The average molecular weight is 921 g/mol. The van der Waals surface area contributed by atoms with E-state index in [-0.39, 0.29) is 47.7 Å². The van der Waals surface area contributed by atoms with Crippen LogP contribution in [0.1, 0.15) is 85.3 Å². The predicted octanol–water partition coefficient (Wildman–Crippen LogP) is 5.34. The Morgan fingerprint density at radius 3 is 2.22 bits per heavy atom. The number of benzene rings is 1. The summed E-state index contributed by atoms with van der Waals surface area (Å²) in [6.45, 7) is 5.84. The molecule has 4 amide bonds. The minimum atomic E-state index is -4.98. The van der Waals surface area contributed by atoms with Gasteiger partial charge in [-0.2, -0.15) is 26.3 Å². The number of rotatable bonds is 9. The number of sulfonamides is 1. The summed E-state index contributed by atoms with van der Waals surface area (Å²) in [5.41, 5.74) is -6.46. The molecule has 3 fully saturated rings. The molecule has 1 saturated heterocycles. The Balaban J connectivity index is 1.38. The number of carbonyl (C=O) groups is 4. The average Bonchev–Trinajstić information content (AvgIpc) is 4.06. The van der Waals surface area contributed by atoms with Gasteiger partial charge in [0.1, 0.15) is 23.7 Å². The van der Waals surface area contributed by atoms with Crippen LogP contribution < -0.4 is 29.6 Å². The summed E-state index contributed by atoms with van der Waals surface area (Å²) < 4.78 is 131. The van der Waals surface area contributed by atoms with Crippen molar-refractivity contribution in [2.75, 3.05) is 20.8 Å². The quantitative estimate of drug-likeness (QED) is 0.216. The van der Waals surface area contributed by atoms with Crippen molar-refractivity contribution in [2.24, 2.45) is 17.8 Å². The van der Waals surface area contributed by atoms with E-state index in [1.165, 1.54) is 20.1 Å². The molecule has 2 aliphatic heterocycles. The lowest BCUT2D eigenvalue weighted by atomic mass is 9.88. The fourth-order valence-electron chi connectivity index (χ4n) is 7.85. The number of methoxy groups -OCH3 is 2. The molecule has 2 aromatic rings. The molecule has 3 heterocycles. The van der Waals surface area contributed by atoms with Crippen molar-refractivity contribution < 1.29 is 72.9 Å². The van der Waals surface area contributed by atoms with Crippen LogP contribution in [0.3, 0.4) is 0 Å². The van der Waals surface area contributed by atoms with Crippen molar-refractivity contribution >= 4 is 44.9 Å². The number of halogens is 6. The van der Waals surface area contributed by atoms with Crippen molar-refractivity contribution in [1.29, 1.82) is 0 Å². The topological polar surface area (TPSA) is 204 Å². The van der Waals surface area contributed by atoms with Crippen molar-refractivity contribution in [3.8, 4) is 17.4 Å². The number of aromatic nitrogens is 2. The van der Waals surface area contributed by atoms with Crippen molar-refractivity contribution in [1.82, 2.24) is 30.2 Å². The molecule has 348 valence electrons. The molecule has 0 unspecified atom stereocenters. The van der Waals surface area contributed by atoms with Crippen LogP contribution in [-0.4, -0.2) is 108 Å². The Kier molecular flexibility index (Phi) is 12.6. The van der Waals surface area contributed by atoms with Crippen molar-refractivity contribution in [2.45, 2.75) is 126 Å². The van der Waals surface area contributed by atoms with Gasteiger partial charge in [0, 0.05) is 24.5 Å². The van der Waals surface area contributed by atoms with E-state index in [1.807, 2.05) is 6.92 Å². The Bertz CT molecular complexity index is 2290. The second-order valence-corrected chi connectivity index (χ2v) is 19.7. The number of amides is 4. The number of hydrogen-bond acceptors (Lipinski definition) is 12. The molecule has 0 spiro atoms. The zero-order valence-corrected chi connectivity index (χ0v) is 36.3. The second kappa shape index (κ2) is 16.8. The van der Waals surface area contributed by atoms with E-state index in [1.54, 1.807) is 19.1 Å². The number of hydrogen-bond donors (Lipinski definition) is 3. The molecule has 0 bridgehead atoms. The predicted molar refractivity (Wildman–Crippen MR) is 211 cm³/mol. The van der Waals surface area contributed by atoms with E-state index in [0.29, 0.717) is 39.5 Å². The zero-order valence-electron chi connectivity index (χ0n) is 35.5. The Hall–Kier alpha value is -5.09. The number of nitrogens with zero attached hydrogens (tertiary/aromatic N) is 3. The summed E-state index contributed by atoms with van der Waals surface area (Å²) in [5, 5.41) is 5.01. The highest BCUT2D eigenvalue weighted by molar-refractivity contribution is 7.91. The first kappa shape index (κ1) is 47.4. The maximum absolute atomic E-state index is 14.8. The molecule has 7 atom stereocenters. The third-order valence-electron chi connectivity index (χ3n) is 12.2. The molecule has 1 aromatic heterocycles. The Labute approximate surface area is 359 Å². The van der Waals surface area contributed by atoms with Gasteiger partial charge in [0.25, 0.3) is 5.91 Å². The molecule has 6 rings (SSSR count). The normalized spacial score (nSPS) is 28.3. The SMILES string of the molecule is COc1cc2nc(C(F)(F)F)c(OC)nc2cc1O[C@@H]1C[C@H]2C(=O)N[C@]3(C(=O)NS(=O)(=O)C4(C)CC4)C[C@H]3/C=C\CC[C@@H](C)C[C@@H](C)[C@H](NC(=O)OC(C)(C)C(F)(F)F)C(=O)N2C1. The molecule has 16 nitrogen and oxygen atoms in total. The highest BCUT2D eigenvalue weighted by Gasteiger charge is 2.63. The summed E-state index contributed by atoms with van der Waals surface area (Å²) in [7, 11) is -1.97. The van der Waals surface area contributed by atoms with E-state index in [2.05, 4.69) is 25.3 Å². The Morgan fingerprint density at radius 1 is 0.968 bits per heavy atom. The first-order valence-corrected chi connectivity index (χ1v) is 21.7. The molecule has 23 heteroatoms. The van der Waals surface area contributed by atoms with Gasteiger partial charge in [0.2, 0.25) is 39.0 Å². The number of ether oxygens (including phenoxy) is 4. The molecule has 2 aliphatic carbocycles. The second-order valence-electron chi connectivity index (χ2n) is 17.6. The van der Waals surface area contributed by atoms with Crippen LogP contribution in [0.5, 0.6) is 17.4 Å². The maximum atomic E-state index is 14.8. The lowest BCUT2D eigenvalue weighted by Crippen LogP contribution is -2.59. The van der Waals surface area contributed by atoms with Crippen molar-refractivity contribution in [3.63, 3.8) is 0 Å². The molecular weight excluding hydrogens is 871 g/mol. The highest BCUT2D eigenvalue weighted by atomic mass is 32.2. The van der Waals surface area contributed by atoms with Gasteiger partial charge in [-0.1, -0.05) is 26.0 Å². The molecule has 63 heavy (non-hydrogen) atoms. The lowest BCUT2D eigenvalue weighted by Gasteiger charge is -2.34. The third kappa shape index (κ3) is 9.71. The van der Waals surface area contributed by atoms with Gasteiger partial charge in [0.15, 0.2) is 11.5 Å². The van der Waals surface area contributed by atoms with Gasteiger partial charge >= 0.3 is 18.4 Å². The third-order valence-corrected chi connectivity index (χ3v) is 14.4. The van der Waals surface area contributed by atoms with Crippen LogP contribution >= 0.6 is 0 Å². The van der Waals surface area contributed by atoms with Crippen molar-refractivity contribution in [3.05, 3.63) is 30.0 Å². The summed E-state index contributed by atoms with van der Waals surface area (Å²) in [4.78, 5) is 65.1. The molecule has 0 radical (unpaired) electrons. The number of alkyl carbamates (subject to hydrolysis) is 1. The van der Waals surface area contributed by atoms with Gasteiger partial charge in [-0.15, -0.1) is 0 Å². The molecule has 4 aliphatic rings. The van der Waals surface area contributed by atoms with E-state index in [0.717, 1.165) is 18.1 Å². The van der Waals surface area contributed by atoms with Crippen LogP contribution in [-0.2, 0) is 35.3 Å². The van der Waals surface area contributed by atoms with Crippen LogP contribution in [0.25, 0.3) is 11.0 Å². The monoisotopic (exact) mass is 920 g/mol. The van der Waals surface area contributed by atoms with Gasteiger partial charge in [-0.3, -0.25) is 19.1 Å². The highest BCUT2D eigenvalue weighted by Crippen LogP contribution is 2.48. The number of nitrogens with one attached hydrogen (secondary N) is 3. The molecule has 3 N–H and O–H groups in total. The molecule has 1 aromatic carbocycles. The maximum Gasteiger partial charge on any atom is 0.438 e. The summed E-state index contributed by atoms with van der Waals surface area (Å²) >= 11 is 0. The summed E-state index contributed by atoms with van der Waals surface area (Å²) in [6.07, 6.45) is -7.40. The standard InChI is InChI=1S/C40H50F6N6O10S/c1-20-10-8-9-11-22-18-38(22,34(55)51-63(57,58)37(5)12-13-37)50-31(53)26-15-23(19-52(26)33(54)29(21(2)14-20)49-35(56)62-36(3,4)40(44,45)46)61-28-17-25-24(16-27(28)59-6)47-30(39(41,42)43)32(48-25)60-7/h9,11,16-17,20-23,26,29H,8,10,12-15,18-19H2,1-7H3,(H,49,56)(H,50,53)(H,51,55)/b11-9-/t20-,21-,22-,23-,26+,29+,38-/m1/s1. The fraction of sp³-hybridized carbons (Fsp3) is 0.650. The minimum Gasteiger partial charge on any atom is -0.493 e. The van der Waals surface area contributed by atoms with Crippen LogP contribution in [0.2, 0.25) is 0 Å². The summed E-state index contributed by atoms with van der Waals surface area (Å²) in [5.74, 6) is -5.34. The number of allylic oxidation sites excluding steroid dienone is 1. The van der Waals surface area contributed by atoms with Crippen LogP contribution in [0, 0.1) is 17.8 Å². The first-order valence-electron chi connectivity index (χ1n) is 20.2. The zero-order chi connectivity index (χ0) is 46.7. The molecule has 2 saturated carbocycles. The molecular formula is C40H50F6N6O10S. The van der Waals surface area contributed by atoms with E-state index in [9.17, 15) is 53.9 Å². The van der Waals surface area contributed by atoms with Crippen LogP contribution in [0.4, 0.5) is 31.1 Å². The van der Waals surface area contributed by atoms with E-state index >= 15 is 0 Å².